The summed E-state index contributed by atoms with van der Waals surface area (Å²) < 4.78 is 5.21. The number of Topliss-reactive ketones (excluding diaryl/α,β-unsaturated/α-hetero) is 1. The number of likely N-dealkylation sites (N-methyl/N-ethyl adjacent to an activating group) is 1. The summed E-state index contributed by atoms with van der Waals surface area (Å²) in [6.07, 6.45) is 0. The Labute approximate surface area is 164 Å². The lowest BCUT2D eigenvalue weighted by Gasteiger charge is -2.25. The van der Waals surface area contributed by atoms with E-state index in [1.807, 2.05) is 32.3 Å². The number of carbonyl (C=O) groups excluding carboxylic acids is 2. The molecule has 6 heteroatoms. The number of quaternary nitrogens is 1. The Morgan fingerprint density at radius 2 is 1.71 bits per heavy atom. The van der Waals surface area contributed by atoms with E-state index in [9.17, 15) is 14.7 Å². The smallest absolute Gasteiger partial charge is 0.295 e. The van der Waals surface area contributed by atoms with Gasteiger partial charge >= 0.3 is 0 Å². The molecule has 1 aliphatic heterocycles. The van der Waals surface area contributed by atoms with Gasteiger partial charge in [-0.2, -0.15) is 0 Å². The number of nitrogens with one attached hydrogen (secondary N) is 1. The quantitative estimate of drug-likeness (QED) is 0.449. The van der Waals surface area contributed by atoms with Gasteiger partial charge in [0.15, 0.2) is 0 Å². The molecule has 1 aliphatic rings. The van der Waals surface area contributed by atoms with Crippen LogP contribution >= 0.6 is 0 Å². The molecule has 1 amide bonds. The molecule has 0 bridgehead atoms. The molecule has 1 fully saturated rings. The highest BCUT2D eigenvalue weighted by Crippen LogP contribution is 2.39. The van der Waals surface area contributed by atoms with Gasteiger partial charge in [0.1, 0.15) is 11.5 Å². The highest BCUT2D eigenvalue weighted by Gasteiger charge is 2.46. The van der Waals surface area contributed by atoms with Crippen molar-refractivity contribution in [3.8, 4) is 5.75 Å². The lowest BCUT2D eigenvalue weighted by Crippen LogP contribution is -3.06. The summed E-state index contributed by atoms with van der Waals surface area (Å²) in [6, 6.07) is 15.4. The van der Waals surface area contributed by atoms with Gasteiger partial charge in [0.05, 0.1) is 45.9 Å². The van der Waals surface area contributed by atoms with Crippen molar-refractivity contribution in [2.45, 2.75) is 6.04 Å². The van der Waals surface area contributed by atoms with Crippen molar-refractivity contribution in [1.29, 1.82) is 0 Å². The summed E-state index contributed by atoms with van der Waals surface area (Å²) in [7, 11) is 5.56. The third-order valence-corrected chi connectivity index (χ3v) is 4.87. The van der Waals surface area contributed by atoms with Crippen LogP contribution in [-0.2, 0) is 9.59 Å². The maximum atomic E-state index is 12.8. The van der Waals surface area contributed by atoms with Crippen molar-refractivity contribution >= 4 is 17.4 Å². The zero-order valence-corrected chi connectivity index (χ0v) is 16.3. The molecule has 2 aromatic rings. The molecule has 28 heavy (non-hydrogen) atoms. The maximum absolute atomic E-state index is 12.8. The first-order valence-electron chi connectivity index (χ1n) is 9.21. The molecule has 146 valence electrons. The number of likely N-dealkylation sites (tertiary alicyclic amines) is 1. The van der Waals surface area contributed by atoms with Crippen molar-refractivity contribution in [2.24, 2.45) is 0 Å². The number of methoxy groups -OCH3 is 1. The molecule has 2 aromatic carbocycles. The molecule has 1 saturated heterocycles. The van der Waals surface area contributed by atoms with Crippen molar-refractivity contribution in [2.75, 3.05) is 34.3 Å². The van der Waals surface area contributed by atoms with Crippen LogP contribution in [0.5, 0.6) is 5.75 Å². The maximum Gasteiger partial charge on any atom is 0.295 e. The highest BCUT2D eigenvalue weighted by molar-refractivity contribution is 6.46. The molecule has 6 nitrogen and oxygen atoms in total. The number of aliphatic hydroxyl groups excluding tert-OH is 1. The molecule has 1 atom stereocenters. The monoisotopic (exact) mass is 381 g/mol. The molecule has 0 spiro atoms. The minimum absolute atomic E-state index is 0.120. The zero-order valence-electron chi connectivity index (χ0n) is 16.3. The Morgan fingerprint density at radius 3 is 2.29 bits per heavy atom. The number of hydrogen-bond donors (Lipinski definition) is 2. The van der Waals surface area contributed by atoms with Crippen LogP contribution in [-0.4, -0.2) is 56.0 Å². The van der Waals surface area contributed by atoms with Crippen molar-refractivity contribution < 1.29 is 24.3 Å². The van der Waals surface area contributed by atoms with Gasteiger partial charge < -0.3 is 19.6 Å². The third-order valence-electron chi connectivity index (χ3n) is 4.87. The van der Waals surface area contributed by atoms with Gasteiger partial charge in [0.25, 0.3) is 11.7 Å². The van der Waals surface area contributed by atoms with Crippen LogP contribution in [0.4, 0.5) is 0 Å². The van der Waals surface area contributed by atoms with E-state index >= 15 is 0 Å². The average Bonchev–Trinajstić information content (AvgIpc) is 2.97. The average molecular weight is 381 g/mol. The van der Waals surface area contributed by atoms with Crippen LogP contribution in [0, 0.1) is 0 Å². The molecular weight excluding hydrogens is 356 g/mol. The van der Waals surface area contributed by atoms with E-state index in [0.717, 1.165) is 5.56 Å². The summed E-state index contributed by atoms with van der Waals surface area (Å²) >= 11 is 0. The van der Waals surface area contributed by atoms with Gasteiger partial charge in [-0.15, -0.1) is 0 Å². The van der Waals surface area contributed by atoms with Gasteiger partial charge in [0, 0.05) is 5.56 Å². The minimum atomic E-state index is -0.657. The normalized spacial score (nSPS) is 18.7. The number of nitrogens with zero attached hydrogens (tertiary/aromatic N) is 1. The van der Waals surface area contributed by atoms with Crippen molar-refractivity contribution in [3.63, 3.8) is 0 Å². The number of benzene rings is 2. The van der Waals surface area contributed by atoms with Crippen LogP contribution in [0.25, 0.3) is 5.76 Å². The molecule has 0 aromatic heterocycles. The predicted molar refractivity (Wildman–Crippen MR) is 106 cm³/mol. The Kier molecular flexibility index (Phi) is 5.80. The number of ketones is 1. The Morgan fingerprint density at radius 1 is 1.07 bits per heavy atom. The Hall–Kier alpha value is -3.12. The number of hydrogen-bond acceptors (Lipinski definition) is 4. The fourth-order valence-electron chi connectivity index (χ4n) is 3.34. The van der Waals surface area contributed by atoms with Gasteiger partial charge in [-0.25, -0.2) is 0 Å². The second-order valence-corrected chi connectivity index (χ2v) is 7.09. The Bertz CT molecular complexity index is 889. The van der Waals surface area contributed by atoms with Crippen LogP contribution in [0.15, 0.2) is 60.2 Å². The largest absolute Gasteiger partial charge is 0.507 e. The second-order valence-electron chi connectivity index (χ2n) is 7.09. The fraction of sp³-hybridized carbons (Fsp3) is 0.273. The number of aliphatic hydroxyl groups is 1. The van der Waals surface area contributed by atoms with Gasteiger partial charge in [0.2, 0.25) is 0 Å². The summed E-state index contributed by atoms with van der Waals surface area (Å²) in [6.45, 7) is 1.10. The zero-order chi connectivity index (χ0) is 20.3. The van der Waals surface area contributed by atoms with E-state index in [1.165, 1.54) is 4.90 Å². The summed E-state index contributed by atoms with van der Waals surface area (Å²) in [5.74, 6) is -0.712. The molecule has 0 radical (unpaired) electrons. The third kappa shape index (κ3) is 3.77. The first-order valence-corrected chi connectivity index (χ1v) is 9.21. The number of carbonyl (C=O) groups is 2. The lowest BCUT2D eigenvalue weighted by molar-refractivity contribution is -0.857. The molecule has 0 saturated carbocycles. The van der Waals surface area contributed by atoms with E-state index in [0.29, 0.717) is 24.4 Å². The summed E-state index contributed by atoms with van der Waals surface area (Å²) in [5.41, 5.74) is 1.39. The highest BCUT2D eigenvalue weighted by atomic mass is 16.5. The number of ether oxygens (including phenoxy) is 1. The molecule has 1 heterocycles. The SMILES string of the molecule is COc1ccc([C@H]2C(=C(O)c3ccccc3)C(=O)C(=O)N2CC[NH+](C)C)cc1. The molecule has 3 rings (SSSR count). The van der Waals surface area contributed by atoms with Crippen LogP contribution in [0.3, 0.4) is 0 Å². The van der Waals surface area contributed by atoms with Gasteiger partial charge in [-0.1, -0.05) is 42.5 Å². The number of amides is 1. The van der Waals surface area contributed by atoms with Crippen molar-refractivity contribution in [1.82, 2.24) is 4.90 Å². The first kappa shape index (κ1) is 19.6. The predicted octanol–water partition coefficient (Wildman–Crippen LogP) is 1.26. The van der Waals surface area contributed by atoms with Gasteiger partial charge in [-0.3, -0.25) is 9.59 Å². The Balaban J connectivity index is 2.12. The molecule has 2 N–H and O–H groups in total. The van der Waals surface area contributed by atoms with Crippen molar-refractivity contribution in [3.05, 3.63) is 71.3 Å². The first-order chi connectivity index (χ1) is 13.4. The van der Waals surface area contributed by atoms with Crippen LogP contribution in [0.1, 0.15) is 17.2 Å². The number of rotatable bonds is 6. The standard InChI is InChI=1S/C22H24N2O4/c1-23(2)13-14-24-19(15-9-11-17(28-3)12-10-15)18(21(26)22(24)27)20(25)16-7-5-4-6-8-16/h4-12,19,25H,13-14H2,1-3H3/p+1/t19-/m0/s1. The fourth-order valence-corrected chi connectivity index (χ4v) is 3.34. The second kappa shape index (κ2) is 8.27. The minimum Gasteiger partial charge on any atom is -0.507 e. The molecular formula is C22H25N2O4+. The molecule has 0 aliphatic carbocycles. The lowest BCUT2D eigenvalue weighted by atomic mass is 9.95. The van der Waals surface area contributed by atoms with Gasteiger partial charge in [-0.05, 0) is 17.7 Å². The summed E-state index contributed by atoms with van der Waals surface area (Å²) in [5, 5.41) is 10.9. The van der Waals surface area contributed by atoms with E-state index in [-0.39, 0.29) is 11.3 Å². The van der Waals surface area contributed by atoms with E-state index in [2.05, 4.69) is 0 Å². The van der Waals surface area contributed by atoms with E-state index in [1.54, 1.807) is 48.4 Å². The van der Waals surface area contributed by atoms with Crippen LogP contribution in [0.2, 0.25) is 0 Å². The molecule has 0 unspecified atom stereocenters. The summed E-state index contributed by atoms with van der Waals surface area (Å²) in [4.78, 5) is 28.3. The van der Waals surface area contributed by atoms with E-state index < -0.39 is 17.7 Å². The van der Waals surface area contributed by atoms with Crippen LogP contribution < -0.4 is 9.64 Å². The van der Waals surface area contributed by atoms with E-state index in [4.69, 9.17) is 4.74 Å². The topological polar surface area (TPSA) is 71.3 Å².